The summed E-state index contributed by atoms with van der Waals surface area (Å²) in [6, 6.07) is 0. The van der Waals surface area contributed by atoms with Crippen LogP contribution in [0.5, 0.6) is 0 Å². The molecule has 1 aliphatic rings. The van der Waals surface area contributed by atoms with Crippen LogP contribution in [0, 0.1) is 0 Å². The van der Waals surface area contributed by atoms with Gasteiger partial charge in [-0.3, -0.25) is 14.3 Å². The molecule has 0 saturated heterocycles. The number of ketones is 2. The Bertz CT molecular complexity index is 356. The van der Waals surface area contributed by atoms with Crippen LogP contribution in [0.15, 0.2) is 23.9 Å². The van der Waals surface area contributed by atoms with Crippen molar-refractivity contribution in [2.75, 3.05) is 0 Å². The Morgan fingerprint density at radius 3 is 2.42 bits per heavy atom. The summed E-state index contributed by atoms with van der Waals surface area (Å²) in [5, 5.41) is 0. The van der Waals surface area contributed by atoms with Crippen LogP contribution < -0.4 is 4.72 Å². The van der Waals surface area contributed by atoms with Gasteiger partial charge in [0, 0.05) is 6.08 Å². The molecule has 0 saturated carbocycles. The molecule has 5 nitrogen and oxygen atoms in total. The van der Waals surface area contributed by atoms with Crippen molar-refractivity contribution < 1.29 is 18.0 Å². The summed E-state index contributed by atoms with van der Waals surface area (Å²) < 4.78 is 22.1. The number of rotatable bonds is 2. The van der Waals surface area contributed by atoms with E-state index in [4.69, 9.17) is 0 Å². The Kier molecular flexibility index (Phi) is 2.39. The lowest BCUT2D eigenvalue weighted by Gasteiger charge is -2.02. The second-order valence-corrected chi connectivity index (χ2v) is 2.76. The molecule has 6 heteroatoms. The zero-order chi connectivity index (χ0) is 9.14. The Labute approximate surface area is 69.8 Å². The van der Waals surface area contributed by atoms with E-state index in [1.807, 2.05) is 4.72 Å². The first kappa shape index (κ1) is 8.66. The summed E-state index contributed by atoms with van der Waals surface area (Å²) in [6.07, 6.45) is 3.03. The SMILES string of the molecule is O=C1C=CC(=O)C(N[SH](=O)=O)=C1. The van der Waals surface area contributed by atoms with Gasteiger partial charge in [-0.05, 0) is 12.2 Å². The average molecular weight is 187 g/mol. The number of carbonyl (C=O) groups excluding carboxylic acids is 2. The van der Waals surface area contributed by atoms with E-state index in [2.05, 4.69) is 0 Å². The lowest BCUT2D eigenvalue weighted by Crippen LogP contribution is -2.21. The van der Waals surface area contributed by atoms with E-state index in [0.717, 1.165) is 18.2 Å². The predicted molar refractivity (Wildman–Crippen MR) is 40.7 cm³/mol. The lowest BCUT2D eigenvalue weighted by molar-refractivity contribution is -0.114. The topological polar surface area (TPSA) is 80.3 Å². The molecule has 0 radical (unpaired) electrons. The van der Waals surface area contributed by atoms with Crippen molar-refractivity contribution in [1.82, 2.24) is 4.72 Å². The van der Waals surface area contributed by atoms with Crippen LogP contribution in [0.25, 0.3) is 0 Å². The molecule has 0 atom stereocenters. The van der Waals surface area contributed by atoms with Crippen LogP contribution in [0.2, 0.25) is 0 Å². The molecule has 0 aromatic rings. The van der Waals surface area contributed by atoms with Crippen molar-refractivity contribution >= 4 is 22.5 Å². The van der Waals surface area contributed by atoms with Crippen LogP contribution in [0.1, 0.15) is 0 Å². The molecule has 0 amide bonds. The second kappa shape index (κ2) is 3.31. The van der Waals surface area contributed by atoms with Gasteiger partial charge in [0.15, 0.2) is 5.78 Å². The molecule has 0 heterocycles. The smallest absolute Gasteiger partial charge is 0.222 e. The molecule has 12 heavy (non-hydrogen) atoms. The van der Waals surface area contributed by atoms with Gasteiger partial charge < -0.3 is 0 Å². The van der Waals surface area contributed by atoms with Crippen molar-refractivity contribution in [3.63, 3.8) is 0 Å². The van der Waals surface area contributed by atoms with E-state index in [1.165, 1.54) is 0 Å². The first-order valence-electron chi connectivity index (χ1n) is 2.99. The van der Waals surface area contributed by atoms with E-state index in [-0.39, 0.29) is 5.70 Å². The maximum Gasteiger partial charge on any atom is 0.222 e. The minimum atomic E-state index is -2.89. The zero-order valence-corrected chi connectivity index (χ0v) is 6.71. The Hall–Kier alpha value is -1.43. The molecule has 1 aliphatic carbocycles. The normalized spacial score (nSPS) is 16.6. The number of nitrogens with one attached hydrogen (secondary N) is 1. The lowest BCUT2D eigenvalue weighted by atomic mass is 10.1. The van der Waals surface area contributed by atoms with Crippen LogP contribution in [0.4, 0.5) is 0 Å². The first-order valence-corrected chi connectivity index (χ1v) is 4.16. The fourth-order valence-electron chi connectivity index (χ4n) is 0.695. The van der Waals surface area contributed by atoms with Gasteiger partial charge in [-0.2, -0.15) is 0 Å². The molecular formula is C6H5NO4S. The number of allylic oxidation sites excluding steroid dienone is 3. The molecule has 0 bridgehead atoms. The molecule has 0 aromatic carbocycles. The number of hydrogen-bond acceptors (Lipinski definition) is 4. The molecule has 0 spiro atoms. The van der Waals surface area contributed by atoms with Gasteiger partial charge in [-0.1, -0.05) is 0 Å². The highest BCUT2D eigenvalue weighted by molar-refractivity contribution is 7.70. The van der Waals surface area contributed by atoms with Gasteiger partial charge >= 0.3 is 0 Å². The molecular weight excluding hydrogens is 182 g/mol. The maximum atomic E-state index is 10.8. The summed E-state index contributed by atoms with van der Waals surface area (Å²) in [7, 11) is -2.89. The van der Waals surface area contributed by atoms with Crippen molar-refractivity contribution in [2.24, 2.45) is 0 Å². The van der Waals surface area contributed by atoms with Gasteiger partial charge in [0.1, 0.15) is 0 Å². The second-order valence-electron chi connectivity index (χ2n) is 2.03. The molecule has 0 unspecified atom stereocenters. The Balaban J connectivity index is 2.88. The van der Waals surface area contributed by atoms with Crippen molar-refractivity contribution in [1.29, 1.82) is 0 Å². The van der Waals surface area contributed by atoms with Crippen molar-refractivity contribution in [3.8, 4) is 0 Å². The first-order chi connectivity index (χ1) is 5.59. The van der Waals surface area contributed by atoms with E-state index < -0.39 is 22.5 Å². The summed E-state index contributed by atoms with van der Waals surface area (Å²) in [4.78, 5) is 21.5. The van der Waals surface area contributed by atoms with Crippen molar-refractivity contribution in [3.05, 3.63) is 23.9 Å². The average Bonchev–Trinajstić information content (AvgIpc) is 1.96. The largest absolute Gasteiger partial charge is 0.290 e. The number of carbonyl (C=O) groups is 2. The van der Waals surface area contributed by atoms with E-state index in [1.54, 1.807) is 0 Å². The van der Waals surface area contributed by atoms with Crippen LogP contribution >= 0.6 is 0 Å². The highest BCUT2D eigenvalue weighted by Gasteiger charge is 2.12. The molecule has 0 fully saturated rings. The Morgan fingerprint density at radius 1 is 1.17 bits per heavy atom. The third-order valence-corrected chi connectivity index (χ3v) is 1.59. The molecule has 1 N–H and O–H groups in total. The van der Waals surface area contributed by atoms with Gasteiger partial charge in [-0.25, -0.2) is 8.42 Å². The number of thiol groups is 1. The van der Waals surface area contributed by atoms with Gasteiger partial charge in [0.25, 0.3) is 0 Å². The fourth-order valence-corrected chi connectivity index (χ4v) is 1.07. The van der Waals surface area contributed by atoms with Crippen LogP contribution in [-0.4, -0.2) is 20.0 Å². The summed E-state index contributed by atoms with van der Waals surface area (Å²) in [6.45, 7) is 0. The van der Waals surface area contributed by atoms with Gasteiger partial charge in [-0.15, -0.1) is 0 Å². The zero-order valence-electron chi connectivity index (χ0n) is 5.81. The molecule has 0 aromatic heterocycles. The number of hydrogen-bond donors (Lipinski definition) is 2. The standard InChI is InChI=1S/C6H5NO4S/c8-4-1-2-6(9)5(3-4)7-12(10)11/h1-3,12H,(H,7,10,11). The molecule has 1 rings (SSSR count). The molecule has 0 aliphatic heterocycles. The van der Waals surface area contributed by atoms with E-state index in [0.29, 0.717) is 0 Å². The Morgan fingerprint density at radius 2 is 1.83 bits per heavy atom. The summed E-state index contributed by atoms with van der Waals surface area (Å²) in [5.41, 5.74) is -0.210. The maximum absolute atomic E-state index is 10.8. The van der Waals surface area contributed by atoms with E-state index in [9.17, 15) is 18.0 Å². The van der Waals surface area contributed by atoms with Gasteiger partial charge in [0.05, 0.1) is 5.70 Å². The summed E-state index contributed by atoms with van der Waals surface area (Å²) in [5.74, 6) is -0.928. The van der Waals surface area contributed by atoms with Crippen LogP contribution in [-0.2, 0) is 20.5 Å². The minimum absolute atomic E-state index is 0.210. The third kappa shape index (κ3) is 2.03. The van der Waals surface area contributed by atoms with Crippen molar-refractivity contribution in [2.45, 2.75) is 0 Å². The predicted octanol–water partition coefficient (Wildman–Crippen LogP) is -1.31. The van der Waals surface area contributed by atoms with Gasteiger partial charge in [0.2, 0.25) is 16.7 Å². The quantitative estimate of drug-likeness (QED) is 0.415. The van der Waals surface area contributed by atoms with E-state index >= 15 is 0 Å². The van der Waals surface area contributed by atoms with Crippen LogP contribution in [0.3, 0.4) is 0 Å². The summed E-state index contributed by atoms with van der Waals surface area (Å²) >= 11 is 0. The highest BCUT2D eigenvalue weighted by atomic mass is 32.2. The monoisotopic (exact) mass is 187 g/mol. The third-order valence-electron chi connectivity index (χ3n) is 1.16. The highest BCUT2D eigenvalue weighted by Crippen LogP contribution is 2.00. The minimum Gasteiger partial charge on any atom is -0.290 e. The fraction of sp³-hybridized carbons (Fsp3) is 0. The molecule has 64 valence electrons.